The third kappa shape index (κ3) is 9.61. The molecule has 0 aliphatic heterocycles. The summed E-state index contributed by atoms with van der Waals surface area (Å²) in [5.74, 6) is -3.50. The molecule has 2 amide bonds. The monoisotopic (exact) mass is 616 g/mol. The van der Waals surface area contributed by atoms with Crippen molar-refractivity contribution in [1.82, 2.24) is 10.6 Å². The number of carbonyl (C=O) groups excluding carboxylic acids is 2. The topological polar surface area (TPSA) is 58.2 Å². The molecule has 0 aromatic heterocycles. The Bertz CT molecular complexity index is 1210. The predicted molar refractivity (Wildman–Crippen MR) is 140 cm³/mol. The number of hydrogen-bond donors (Lipinski definition) is 2. The molecule has 0 saturated heterocycles. The molecule has 39 heavy (non-hydrogen) atoms. The van der Waals surface area contributed by atoms with Crippen LogP contribution in [0.5, 0.6) is 0 Å². The second-order valence-corrected chi connectivity index (χ2v) is 10.4. The number of amides is 2. The van der Waals surface area contributed by atoms with Crippen LogP contribution >= 0.6 is 34.8 Å². The van der Waals surface area contributed by atoms with E-state index in [0.717, 1.165) is 30.3 Å². The van der Waals surface area contributed by atoms with Crippen molar-refractivity contribution >= 4 is 52.7 Å². The molecule has 0 saturated carbocycles. The van der Waals surface area contributed by atoms with Crippen molar-refractivity contribution in [2.24, 2.45) is 5.92 Å². The smallest absolute Gasteiger partial charge is 0.336 e. The average molecular weight is 618 g/mol. The summed E-state index contributed by atoms with van der Waals surface area (Å²) in [5.41, 5.74) is -2.72. The lowest BCUT2D eigenvalue weighted by atomic mass is 9.96. The van der Waals surface area contributed by atoms with Gasteiger partial charge in [0.2, 0.25) is 5.91 Å². The highest BCUT2D eigenvalue weighted by molar-refractivity contribution is 6.48. The molecule has 2 N–H and O–H groups in total. The zero-order valence-corrected chi connectivity index (χ0v) is 23.2. The summed E-state index contributed by atoms with van der Waals surface area (Å²) in [4.78, 5) is 24.5. The van der Waals surface area contributed by atoms with E-state index in [1.54, 1.807) is 0 Å². The molecule has 0 aliphatic carbocycles. The van der Waals surface area contributed by atoms with Gasteiger partial charge in [0, 0.05) is 6.42 Å². The molecule has 0 fully saturated rings. The Morgan fingerprint density at radius 2 is 1.51 bits per heavy atom. The van der Waals surface area contributed by atoms with Crippen LogP contribution in [0.4, 0.5) is 26.3 Å². The van der Waals surface area contributed by atoms with E-state index in [9.17, 15) is 35.9 Å². The van der Waals surface area contributed by atoms with Gasteiger partial charge in [0.25, 0.3) is 5.91 Å². The van der Waals surface area contributed by atoms with Gasteiger partial charge in [-0.3, -0.25) is 9.59 Å². The fourth-order valence-corrected chi connectivity index (χ4v) is 4.13. The van der Waals surface area contributed by atoms with Crippen molar-refractivity contribution in [2.75, 3.05) is 0 Å². The van der Waals surface area contributed by atoms with Crippen molar-refractivity contribution in [2.45, 2.75) is 58.0 Å². The summed E-state index contributed by atoms with van der Waals surface area (Å²) in [7, 11) is 0. The van der Waals surface area contributed by atoms with Crippen LogP contribution in [0.25, 0.3) is 6.08 Å². The first-order valence-electron chi connectivity index (χ1n) is 11.6. The predicted octanol–water partition coefficient (Wildman–Crippen LogP) is 8.65. The molecule has 1 unspecified atom stereocenters. The van der Waals surface area contributed by atoms with Crippen molar-refractivity contribution in [1.29, 1.82) is 0 Å². The van der Waals surface area contributed by atoms with E-state index in [0.29, 0.717) is 18.6 Å². The molecule has 0 aliphatic rings. The highest BCUT2D eigenvalue weighted by Gasteiger charge is 2.40. The summed E-state index contributed by atoms with van der Waals surface area (Å²) in [6.45, 7) is 5.23. The van der Waals surface area contributed by atoms with Gasteiger partial charge < -0.3 is 10.6 Å². The standard InChI is InChI=1S/C26H25Cl3F6N2O2/c1-13(2)4-9-22(38)36-14(3)37-24(39)17-7-5-15(10-19(17)26(33,34)35)6-8-18(25(30,31)32)16-11-20(27)23(29)21(28)12-16/h5-8,10-14,18H,4,9H2,1-3H3,(H,36,38)(H,37,39)/t14-,18?/m1/s1. The number of allylic oxidation sites excluding steroid dienone is 1. The van der Waals surface area contributed by atoms with Gasteiger partial charge in [0.05, 0.1) is 38.3 Å². The van der Waals surface area contributed by atoms with E-state index in [-0.39, 0.29) is 44.4 Å². The highest BCUT2D eigenvalue weighted by Crippen LogP contribution is 2.41. The third-order valence-corrected chi connectivity index (χ3v) is 6.66. The SMILES string of the molecule is CC(C)CCC(=O)N[C@@H](C)NC(=O)c1ccc(C=CC(c2cc(Cl)c(Cl)c(Cl)c2)C(F)(F)F)cc1C(F)(F)F. The normalized spacial score (nSPS) is 14.0. The molecule has 13 heteroatoms. The number of halogens is 9. The van der Waals surface area contributed by atoms with Gasteiger partial charge in [-0.1, -0.05) is 66.9 Å². The average Bonchev–Trinajstić information content (AvgIpc) is 2.79. The molecule has 0 bridgehead atoms. The fourth-order valence-electron chi connectivity index (χ4n) is 3.51. The Balaban J connectivity index is 2.33. The van der Waals surface area contributed by atoms with Crippen LogP contribution in [0.15, 0.2) is 36.4 Å². The first-order valence-corrected chi connectivity index (χ1v) is 12.7. The van der Waals surface area contributed by atoms with Crippen molar-refractivity contribution in [3.05, 3.63) is 73.7 Å². The Morgan fingerprint density at radius 1 is 0.923 bits per heavy atom. The van der Waals surface area contributed by atoms with E-state index in [2.05, 4.69) is 10.6 Å². The third-order valence-electron chi connectivity index (χ3n) is 5.47. The van der Waals surface area contributed by atoms with Gasteiger partial charge >= 0.3 is 12.4 Å². The Kier molecular flexibility index (Phi) is 11.2. The summed E-state index contributed by atoms with van der Waals surface area (Å²) in [6.07, 6.45) is -8.53. The fraction of sp³-hybridized carbons (Fsp3) is 0.385. The van der Waals surface area contributed by atoms with E-state index in [1.807, 2.05) is 13.8 Å². The maximum Gasteiger partial charge on any atom is 0.417 e. The maximum atomic E-state index is 13.8. The largest absolute Gasteiger partial charge is 0.417 e. The van der Waals surface area contributed by atoms with Crippen LogP contribution in [0.1, 0.15) is 66.6 Å². The lowest BCUT2D eigenvalue weighted by Gasteiger charge is -2.19. The number of nitrogens with one attached hydrogen (secondary N) is 2. The second kappa shape index (κ2) is 13.3. The second-order valence-electron chi connectivity index (χ2n) is 9.17. The van der Waals surface area contributed by atoms with E-state index < -0.39 is 41.5 Å². The molecule has 2 rings (SSSR count). The molecule has 2 atom stereocenters. The highest BCUT2D eigenvalue weighted by atomic mass is 35.5. The molecule has 4 nitrogen and oxygen atoms in total. The minimum absolute atomic E-state index is 0.139. The Labute approximate surface area is 236 Å². The first kappa shape index (κ1) is 32.8. The van der Waals surface area contributed by atoms with Crippen LogP contribution < -0.4 is 10.6 Å². The first-order chi connectivity index (χ1) is 17.9. The summed E-state index contributed by atoms with van der Waals surface area (Å²) in [5, 5.41) is 4.18. The summed E-state index contributed by atoms with van der Waals surface area (Å²) < 4.78 is 82.7. The van der Waals surface area contributed by atoms with Gasteiger partial charge in [-0.2, -0.15) is 26.3 Å². The van der Waals surface area contributed by atoms with Gasteiger partial charge in [-0.05, 0) is 54.7 Å². The van der Waals surface area contributed by atoms with Crippen LogP contribution in [0.3, 0.4) is 0 Å². The minimum Gasteiger partial charge on any atom is -0.336 e. The molecule has 2 aromatic rings. The summed E-state index contributed by atoms with van der Waals surface area (Å²) in [6, 6.07) is 4.42. The Hall–Kier alpha value is -2.43. The molecule has 0 radical (unpaired) electrons. The zero-order chi connectivity index (χ0) is 29.7. The molecule has 214 valence electrons. The quantitative estimate of drug-likeness (QED) is 0.168. The molecular formula is C26H25Cl3F6N2O2. The number of alkyl halides is 6. The lowest BCUT2D eigenvalue weighted by Crippen LogP contribution is -2.46. The van der Waals surface area contributed by atoms with Gasteiger partial charge in [0.15, 0.2) is 0 Å². The number of carbonyl (C=O) groups is 2. The van der Waals surface area contributed by atoms with Crippen LogP contribution in [-0.4, -0.2) is 24.2 Å². The molecule has 0 spiro atoms. The number of benzene rings is 2. The van der Waals surface area contributed by atoms with Crippen molar-refractivity contribution in [3.63, 3.8) is 0 Å². The van der Waals surface area contributed by atoms with Crippen LogP contribution in [-0.2, 0) is 11.0 Å². The lowest BCUT2D eigenvalue weighted by molar-refractivity contribution is -0.139. The minimum atomic E-state index is -5.00. The summed E-state index contributed by atoms with van der Waals surface area (Å²) >= 11 is 17.5. The molecule has 0 heterocycles. The van der Waals surface area contributed by atoms with Crippen LogP contribution in [0, 0.1) is 5.92 Å². The van der Waals surface area contributed by atoms with E-state index in [4.69, 9.17) is 34.8 Å². The van der Waals surface area contributed by atoms with Gasteiger partial charge in [-0.15, -0.1) is 0 Å². The maximum absolute atomic E-state index is 13.8. The number of hydrogen-bond acceptors (Lipinski definition) is 2. The van der Waals surface area contributed by atoms with E-state index in [1.165, 1.54) is 6.92 Å². The van der Waals surface area contributed by atoms with Crippen molar-refractivity contribution in [3.8, 4) is 0 Å². The number of rotatable bonds is 9. The Morgan fingerprint density at radius 3 is 2.03 bits per heavy atom. The van der Waals surface area contributed by atoms with Gasteiger partial charge in [0.1, 0.15) is 0 Å². The van der Waals surface area contributed by atoms with Crippen molar-refractivity contribution < 1.29 is 35.9 Å². The van der Waals surface area contributed by atoms with Crippen LogP contribution in [0.2, 0.25) is 15.1 Å². The zero-order valence-electron chi connectivity index (χ0n) is 20.9. The van der Waals surface area contributed by atoms with E-state index >= 15 is 0 Å². The molecule has 2 aromatic carbocycles. The molecular weight excluding hydrogens is 593 g/mol. The van der Waals surface area contributed by atoms with Gasteiger partial charge in [-0.25, -0.2) is 0 Å².